The summed E-state index contributed by atoms with van der Waals surface area (Å²) in [6.07, 6.45) is 4.33. The Morgan fingerprint density at radius 1 is 0.250 bits per heavy atom. The standard InChI is InChI=1S/C64H58/c1-9-63(10-2)54-20-16-14-18-46(54)50-30-24-42(36-58(50)63)40-22-28-48-49-29-23-41(35-57(49)62(7,8)56(48)34-40)44-26-32-52-51-31-25-43(37-59(51)64(11-3,12-4)60(52)38-44)39-21-27-47-45-17-13-15-19-53(45)61(5,6)55(47)33-39/h13-38H,9-12H2,1-8H3. The van der Waals surface area contributed by atoms with Crippen molar-refractivity contribution in [2.75, 3.05) is 0 Å². The smallest absolute Gasteiger partial charge is 0.0210 e. The SMILES string of the molecule is CCC1(CC)c2ccccc2-c2ccc(-c3ccc4c(c3)C(C)(C)c3cc(-c5ccc6c(c5)C(CC)(CC)c5cc(-c7ccc8c(c7)C(C)(C)c7ccccc7-8)ccc5-6)ccc3-4)cc21. The van der Waals surface area contributed by atoms with Gasteiger partial charge in [-0.3, -0.25) is 0 Å². The van der Waals surface area contributed by atoms with Gasteiger partial charge in [0.15, 0.2) is 0 Å². The lowest BCUT2D eigenvalue weighted by atomic mass is 9.73. The van der Waals surface area contributed by atoms with Crippen LogP contribution in [0, 0.1) is 0 Å². The summed E-state index contributed by atoms with van der Waals surface area (Å²) in [5, 5.41) is 0. The summed E-state index contributed by atoms with van der Waals surface area (Å²) in [7, 11) is 0. The van der Waals surface area contributed by atoms with Crippen molar-refractivity contribution in [2.24, 2.45) is 0 Å². The maximum absolute atomic E-state index is 2.55. The first-order valence-corrected chi connectivity index (χ1v) is 24.1. The van der Waals surface area contributed by atoms with Crippen molar-refractivity contribution < 1.29 is 0 Å². The van der Waals surface area contributed by atoms with Crippen LogP contribution < -0.4 is 0 Å². The molecule has 4 aliphatic carbocycles. The molecule has 8 aromatic carbocycles. The lowest BCUT2D eigenvalue weighted by molar-refractivity contribution is 0.490. The first-order valence-electron chi connectivity index (χ1n) is 24.1. The Labute approximate surface area is 381 Å². The summed E-state index contributed by atoms with van der Waals surface area (Å²) < 4.78 is 0. The molecule has 64 heavy (non-hydrogen) atoms. The van der Waals surface area contributed by atoms with Crippen LogP contribution in [0.4, 0.5) is 0 Å². The molecule has 314 valence electrons. The van der Waals surface area contributed by atoms with E-state index in [0.717, 1.165) is 25.7 Å². The van der Waals surface area contributed by atoms with Crippen molar-refractivity contribution in [1.82, 2.24) is 0 Å². The average molecular weight is 827 g/mol. The number of hydrogen-bond acceptors (Lipinski definition) is 0. The van der Waals surface area contributed by atoms with Gasteiger partial charge in [0.25, 0.3) is 0 Å². The van der Waals surface area contributed by atoms with Crippen LogP contribution in [0.25, 0.3) is 77.9 Å². The Balaban J connectivity index is 0.882. The van der Waals surface area contributed by atoms with Crippen LogP contribution >= 0.6 is 0 Å². The molecule has 0 saturated carbocycles. The number of benzene rings is 8. The molecule has 0 heterocycles. The molecule has 0 atom stereocenters. The highest BCUT2D eigenvalue weighted by Gasteiger charge is 2.43. The minimum Gasteiger partial charge on any atom is -0.0642 e. The second-order valence-electron chi connectivity index (χ2n) is 20.5. The third-order valence-electron chi connectivity index (χ3n) is 17.3. The highest BCUT2D eigenvalue weighted by molar-refractivity contribution is 5.91. The van der Waals surface area contributed by atoms with E-state index in [1.807, 2.05) is 0 Å². The lowest BCUT2D eigenvalue weighted by Crippen LogP contribution is -2.23. The van der Waals surface area contributed by atoms with Crippen molar-refractivity contribution in [3.8, 4) is 77.9 Å². The zero-order valence-electron chi connectivity index (χ0n) is 38.8. The van der Waals surface area contributed by atoms with E-state index in [0.29, 0.717) is 0 Å². The molecule has 0 aliphatic heterocycles. The fourth-order valence-electron chi connectivity index (χ4n) is 13.5. The minimum absolute atomic E-state index is 0.0200. The second kappa shape index (κ2) is 13.6. The molecule has 12 rings (SSSR count). The van der Waals surface area contributed by atoms with Gasteiger partial charge in [-0.1, -0.05) is 177 Å². The predicted molar refractivity (Wildman–Crippen MR) is 271 cm³/mol. The van der Waals surface area contributed by atoms with Crippen molar-refractivity contribution in [3.05, 3.63) is 202 Å². The highest BCUT2D eigenvalue weighted by Crippen LogP contribution is 2.57. The molecule has 0 bridgehead atoms. The van der Waals surface area contributed by atoms with Crippen LogP contribution in [-0.4, -0.2) is 0 Å². The molecule has 4 aliphatic rings. The van der Waals surface area contributed by atoms with Crippen LogP contribution in [0.5, 0.6) is 0 Å². The van der Waals surface area contributed by atoms with E-state index < -0.39 is 0 Å². The highest BCUT2D eigenvalue weighted by atomic mass is 14.5. The van der Waals surface area contributed by atoms with E-state index in [1.54, 1.807) is 0 Å². The molecular weight excluding hydrogens is 769 g/mol. The molecule has 0 spiro atoms. The monoisotopic (exact) mass is 826 g/mol. The van der Waals surface area contributed by atoms with Crippen LogP contribution in [-0.2, 0) is 21.7 Å². The molecule has 0 heteroatoms. The van der Waals surface area contributed by atoms with Crippen LogP contribution in [0.2, 0.25) is 0 Å². The van der Waals surface area contributed by atoms with Crippen molar-refractivity contribution in [2.45, 2.75) is 103 Å². The molecular formula is C64H58. The van der Waals surface area contributed by atoms with Gasteiger partial charge in [0.2, 0.25) is 0 Å². The topological polar surface area (TPSA) is 0 Å². The summed E-state index contributed by atoms with van der Waals surface area (Å²) in [5.41, 5.74) is 30.5. The quantitative estimate of drug-likeness (QED) is 0.150. The van der Waals surface area contributed by atoms with Gasteiger partial charge in [-0.25, -0.2) is 0 Å². The molecule has 8 aromatic rings. The van der Waals surface area contributed by atoms with Gasteiger partial charge in [0, 0.05) is 21.7 Å². The van der Waals surface area contributed by atoms with Gasteiger partial charge in [0.1, 0.15) is 0 Å². The Morgan fingerprint density at radius 2 is 0.484 bits per heavy atom. The molecule has 0 unspecified atom stereocenters. The van der Waals surface area contributed by atoms with Gasteiger partial charge < -0.3 is 0 Å². The fraction of sp³-hybridized carbons (Fsp3) is 0.250. The number of rotatable bonds is 7. The van der Waals surface area contributed by atoms with Crippen molar-refractivity contribution in [3.63, 3.8) is 0 Å². The second-order valence-corrected chi connectivity index (χ2v) is 20.5. The molecule has 0 fully saturated rings. The average Bonchev–Trinajstić information content (AvgIpc) is 3.95. The third kappa shape index (κ3) is 5.06. The van der Waals surface area contributed by atoms with Gasteiger partial charge in [-0.2, -0.15) is 0 Å². The minimum atomic E-state index is -0.129. The Hall–Kier alpha value is -6.24. The zero-order valence-corrected chi connectivity index (χ0v) is 38.8. The van der Waals surface area contributed by atoms with E-state index >= 15 is 0 Å². The molecule has 0 N–H and O–H groups in total. The fourth-order valence-corrected chi connectivity index (χ4v) is 13.5. The maximum Gasteiger partial charge on any atom is 0.0210 e. The third-order valence-corrected chi connectivity index (χ3v) is 17.3. The Kier molecular flexibility index (Phi) is 8.39. The number of fused-ring (bicyclic) bond motifs is 12. The van der Waals surface area contributed by atoms with E-state index in [2.05, 4.69) is 213 Å². The summed E-state index contributed by atoms with van der Waals surface area (Å²) in [6, 6.07) is 61.7. The summed E-state index contributed by atoms with van der Waals surface area (Å²) in [6.45, 7) is 19.1. The van der Waals surface area contributed by atoms with Gasteiger partial charge in [0.05, 0.1) is 0 Å². The zero-order chi connectivity index (χ0) is 43.9. The van der Waals surface area contributed by atoms with E-state index in [1.165, 1.54) is 122 Å². The Morgan fingerprint density at radius 3 is 0.828 bits per heavy atom. The van der Waals surface area contributed by atoms with Gasteiger partial charge >= 0.3 is 0 Å². The lowest BCUT2D eigenvalue weighted by Gasteiger charge is -2.30. The van der Waals surface area contributed by atoms with E-state index in [9.17, 15) is 0 Å². The van der Waals surface area contributed by atoms with E-state index in [-0.39, 0.29) is 21.7 Å². The largest absolute Gasteiger partial charge is 0.0642 e. The predicted octanol–water partition coefficient (Wildman–Crippen LogP) is 17.5. The van der Waals surface area contributed by atoms with Crippen LogP contribution in [0.3, 0.4) is 0 Å². The van der Waals surface area contributed by atoms with Gasteiger partial charge in [-0.05, 0) is 184 Å². The van der Waals surface area contributed by atoms with Crippen LogP contribution in [0.1, 0.15) is 126 Å². The summed E-state index contributed by atoms with van der Waals surface area (Å²) in [4.78, 5) is 0. The number of hydrogen-bond donors (Lipinski definition) is 0. The molecule has 0 radical (unpaired) electrons. The van der Waals surface area contributed by atoms with Crippen LogP contribution in [0.15, 0.2) is 158 Å². The maximum atomic E-state index is 2.55. The molecule has 0 nitrogen and oxygen atoms in total. The van der Waals surface area contributed by atoms with Crippen molar-refractivity contribution in [1.29, 1.82) is 0 Å². The van der Waals surface area contributed by atoms with Crippen molar-refractivity contribution >= 4 is 0 Å². The summed E-state index contributed by atoms with van der Waals surface area (Å²) in [5.74, 6) is 0. The molecule has 0 aromatic heterocycles. The first kappa shape index (κ1) is 39.4. The summed E-state index contributed by atoms with van der Waals surface area (Å²) >= 11 is 0. The first-order chi connectivity index (χ1) is 31.0. The molecule has 0 saturated heterocycles. The normalized spacial score (nSPS) is 16.6. The van der Waals surface area contributed by atoms with Gasteiger partial charge in [-0.15, -0.1) is 0 Å². The molecule has 0 amide bonds. The Bertz CT molecular complexity index is 3260. The van der Waals surface area contributed by atoms with E-state index in [4.69, 9.17) is 0 Å².